The van der Waals surface area contributed by atoms with Gasteiger partial charge in [0.05, 0.1) is 4.90 Å². The summed E-state index contributed by atoms with van der Waals surface area (Å²) >= 11 is 0. The molecule has 1 aromatic carbocycles. The zero-order valence-electron chi connectivity index (χ0n) is 12.7. The van der Waals surface area contributed by atoms with E-state index in [0.29, 0.717) is 17.7 Å². The highest BCUT2D eigenvalue weighted by Gasteiger charge is 2.13. The Balaban J connectivity index is 2.71. The van der Waals surface area contributed by atoms with Gasteiger partial charge in [0.25, 0.3) is 10.2 Å². The predicted octanol–water partition coefficient (Wildman–Crippen LogP) is -0.329. The Bertz CT molecular complexity index is 714. The smallest absolute Gasteiger partial charge is 0.279 e. The minimum atomic E-state index is -3.76. The third-order valence-corrected chi connectivity index (χ3v) is 5.31. The molecule has 0 aliphatic carbocycles. The normalized spacial score (nSPS) is 12.6. The van der Waals surface area contributed by atoms with E-state index in [2.05, 4.69) is 4.72 Å². The van der Waals surface area contributed by atoms with E-state index in [-0.39, 0.29) is 18.0 Å². The van der Waals surface area contributed by atoms with Crippen LogP contribution in [0.2, 0.25) is 0 Å². The Labute approximate surface area is 131 Å². The van der Waals surface area contributed by atoms with Gasteiger partial charge in [-0.3, -0.25) is 0 Å². The molecule has 22 heavy (non-hydrogen) atoms. The molecule has 10 heteroatoms. The molecule has 0 atom stereocenters. The fraction of sp³-hybridized carbons (Fsp3) is 0.500. The number of nitrogens with zero attached hydrogens (tertiary/aromatic N) is 1. The largest absolute Gasteiger partial charge is 0.492 e. The molecule has 0 bridgehead atoms. The molecule has 0 aromatic heterocycles. The van der Waals surface area contributed by atoms with Gasteiger partial charge in [0.15, 0.2) is 0 Å². The fourth-order valence-corrected chi connectivity index (χ4v) is 2.77. The minimum Gasteiger partial charge on any atom is -0.492 e. The highest BCUT2D eigenvalue weighted by Crippen LogP contribution is 2.22. The Morgan fingerprint density at radius 3 is 2.36 bits per heavy atom. The molecule has 0 saturated carbocycles. The summed E-state index contributed by atoms with van der Waals surface area (Å²) < 4.78 is 54.5. The van der Waals surface area contributed by atoms with E-state index < -0.39 is 20.2 Å². The Hall–Kier alpha value is -1.20. The van der Waals surface area contributed by atoms with E-state index in [1.807, 2.05) is 6.92 Å². The van der Waals surface area contributed by atoms with Crippen LogP contribution in [0.1, 0.15) is 12.5 Å². The number of hydrogen-bond acceptors (Lipinski definition) is 5. The lowest BCUT2D eigenvalue weighted by molar-refractivity contribution is 0.318. The van der Waals surface area contributed by atoms with Crippen molar-refractivity contribution in [3.8, 4) is 5.75 Å². The number of hydrogen-bond donors (Lipinski definition) is 2. The van der Waals surface area contributed by atoms with Gasteiger partial charge in [-0.1, -0.05) is 6.92 Å². The summed E-state index contributed by atoms with van der Waals surface area (Å²) in [4.78, 5) is 0.0185. The zero-order chi connectivity index (χ0) is 17.0. The zero-order valence-corrected chi connectivity index (χ0v) is 14.4. The van der Waals surface area contributed by atoms with Gasteiger partial charge >= 0.3 is 0 Å². The first kappa shape index (κ1) is 18.8. The maximum Gasteiger partial charge on any atom is 0.279 e. The van der Waals surface area contributed by atoms with Crippen LogP contribution in [0.15, 0.2) is 23.1 Å². The van der Waals surface area contributed by atoms with Crippen molar-refractivity contribution < 1.29 is 21.6 Å². The third kappa shape index (κ3) is 5.21. The Kier molecular flexibility index (Phi) is 6.32. The topological polar surface area (TPSA) is 119 Å². The van der Waals surface area contributed by atoms with Crippen LogP contribution in [0.25, 0.3) is 0 Å². The van der Waals surface area contributed by atoms with Crippen LogP contribution in [-0.2, 0) is 26.7 Å². The quantitative estimate of drug-likeness (QED) is 0.622. The molecule has 3 N–H and O–H groups in total. The van der Waals surface area contributed by atoms with Crippen molar-refractivity contribution >= 4 is 20.2 Å². The van der Waals surface area contributed by atoms with Crippen molar-refractivity contribution in [2.45, 2.75) is 18.2 Å². The summed E-state index contributed by atoms with van der Waals surface area (Å²) in [5.74, 6) is 0.499. The second kappa shape index (κ2) is 7.38. The van der Waals surface area contributed by atoms with Crippen LogP contribution in [-0.4, -0.2) is 48.4 Å². The van der Waals surface area contributed by atoms with E-state index >= 15 is 0 Å². The summed E-state index contributed by atoms with van der Waals surface area (Å²) in [6.07, 6.45) is 0.558. The molecule has 126 valence electrons. The molecule has 1 aromatic rings. The first-order valence-electron chi connectivity index (χ1n) is 6.53. The number of nitrogens with one attached hydrogen (secondary N) is 1. The van der Waals surface area contributed by atoms with Gasteiger partial charge in [-0.25, -0.2) is 13.6 Å². The van der Waals surface area contributed by atoms with Crippen LogP contribution in [0.4, 0.5) is 0 Å². The van der Waals surface area contributed by atoms with Crippen molar-refractivity contribution in [1.82, 2.24) is 9.03 Å². The number of primary sulfonamides is 1. The van der Waals surface area contributed by atoms with Gasteiger partial charge in [0.1, 0.15) is 12.4 Å². The highest BCUT2D eigenvalue weighted by atomic mass is 32.2. The van der Waals surface area contributed by atoms with Gasteiger partial charge in [-0.15, -0.1) is 0 Å². The van der Waals surface area contributed by atoms with Gasteiger partial charge in [-0.05, 0) is 30.2 Å². The number of benzene rings is 1. The van der Waals surface area contributed by atoms with E-state index in [4.69, 9.17) is 9.88 Å². The average Bonchev–Trinajstić information content (AvgIpc) is 2.42. The van der Waals surface area contributed by atoms with Crippen LogP contribution < -0.4 is 14.6 Å². The first-order chi connectivity index (χ1) is 10.1. The van der Waals surface area contributed by atoms with E-state index in [0.717, 1.165) is 4.31 Å². The lowest BCUT2D eigenvalue weighted by Gasteiger charge is -2.14. The van der Waals surface area contributed by atoms with E-state index in [1.165, 1.54) is 32.3 Å². The second-order valence-electron chi connectivity index (χ2n) is 4.70. The Morgan fingerprint density at radius 1 is 1.23 bits per heavy atom. The average molecular weight is 351 g/mol. The molecule has 1 rings (SSSR count). The molecule has 0 radical (unpaired) electrons. The molecule has 0 fully saturated rings. The molecule has 0 amide bonds. The SMILES string of the molecule is CCc1cc(S(N)(=O)=O)ccc1OCCNS(=O)(=O)N(C)C. The van der Waals surface area contributed by atoms with Crippen molar-refractivity contribution in [3.05, 3.63) is 23.8 Å². The number of nitrogens with two attached hydrogens (primary N) is 1. The van der Waals surface area contributed by atoms with Crippen LogP contribution >= 0.6 is 0 Å². The number of rotatable bonds is 8. The van der Waals surface area contributed by atoms with Crippen molar-refractivity contribution in [2.75, 3.05) is 27.2 Å². The monoisotopic (exact) mass is 351 g/mol. The summed E-state index contributed by atoms with van der Waals surface area (Å²) in [7, 11) is -4.40. The van der Waals surface area contributed by atoms with Gasteiger partial charge < -0.3 is 4.74 Å². The molecule has 0 saturated heterocycles. The minimum absolute atomic E-state index is 0.0185. The summed E-state index contributed by atoms with van der Waals surface area (Å²) in [5.41, 5.74) is 0.682. The van der Waals surface area contributed by atoms with Crippen molar-refractivity contribution in [2.24, 2.45) is 5.14 Å². The number of sulfonamides is 1. The van der Waals surface area contributed by atoms with E-state index in [9.17, 15) is 16.8 Å². The van der Waals surface area contributed by atoms with Crippen LogP contribution in [0, 0.1) is 0 Å². The lowest BCUT2D eigenvalue weighted by atomic mass is 10.1. The summed E-state index contributed by atoms with van der Waals surface area (Å²) in [6.45, 7) is 2.07. The van der Waals surface area contributed by atoms with Gasteiger partial charge in [0.2, 0.25) is 10.0 Å². The van der Waals surface area contributed by atoms with Gasteiger partial charge in [0, 0.05) is 20.6 Å². The first-order valence-corrected chi connectivity index (χ1v) is 9.52. The standard InChI is InChI=1S/C12H21N3O5S2/c1-4-10-9-11(21(13,16)17)5-6-12(10)20-8-7-14-22(18,19)15(2)3/h5-6,9,14H,4,7-8H2,1-3H3,(H2,13,16,17). The third-order valence-electron chi connectivity index (χ3n) is 2.87. The van der Waals surface area contributed by atoms with Crippen molar-refractivity contribution in [1.29, 1.82) is 0 Å². The molecule has 0 aliphatic heterocycles. The van der Waals surface area contributed by atoms with E-state index in [1.54, 1.807) is 0 Å². The molecule has 0 aliphatic rings. The fourth-order valence-electron chi connectivity index (χ4n) is 1.61. The summed E-state index contributed by atoms with van der Waals surface area (Å²) in [6, 6.07) is 4.32. The molecule has 0 unspecified atom stereocenters. The van der Waals surface area contributed by atoms with Crippen LogP contribution in [0.5, 0.6) is 5.75 Å². The Morgan fingerprint density at radius 2 is 1.86 bits per heavy atom. The molecule has 8 nitrogen and oxygen atoms in total. The summed E-state index contributed by atoms with van der Waals surface area (Å²) in [5, 5.41) is 5.08. The number of ether oxygens (including phenoxy) is 1. The maximum atomic E-state index is 11.5. The van der Waals surface area contributed by atoms with Crippen LogP contribution in [0.3, 0.4) is 0 Å². The molecular weight excluding hydrogens is 330 g/mol. The van der Waals surface area contributed by atoms with Gasteiger partial charge in [-0.2, -0.15) is 17.4 Å². The number of aryl methyl sites for hydroxylation is 1. The molecule has 0 heterocycles. The molecule has 0 spiro atoms. The predicted molar refractivity (Wildman–Crippen MR) is 83.3 cm³/mol. The van der Waals surface area contributed by atoms with Crippen molar-refractivity contribution in [3.63, 3.8) is 0 Å². The highest BCUT2D eigenvalue weighted by molar-refractivity contribution is 7.89. The maximum absolute atomic E-state index is 11.5. The second-order valence-corrected chi connectivity index (χ2v) is 8.23. The molecular formula is C12H21N3O5S2. The lowest BCUT2D eigenvalue weighted by Crippen LogP contribution is -2.37.